The Hall–Kier alpha value is -1.02. The Morgan fingerprint density at radius 1 is 1.75 bits per heavy atom. The lowest BCUT2D eigenvalue weighted by Crippen LogP contribution is -2.09. The van der Waals surface area contributed by atoms with Crippen molar-refractivity contribution in [1.82, 2.24) is 0 Å². The van der Waals surface area contributed by atoms with Crippen LogP contribution in [0, 0.1) is 0 Å². The van der Waals surface area contributed by atoms with Crippen LogP contribution in [0.25, 0.3) is 0 Å². The Kier molecular flexibility index (Phi) is 3.11. The second-order valence-corrected chi connectivity index (χ2v) is 2.97. The lowest BCUT2D eigenvalue weighted by Gasteiger charge is -2.09. The minimum Gasteiger partial charge on any atom is -0.472 e. The summed E-state index contributed by atoms with van der Waals surface area (Å²) in [5.74, 6) is 0. The standard InChI is InChI=1S/C10H15NO/c1-3-8(2)6-10(11)9-4-5-12-7-9/h4-5,7,10H,2-3,6,11H2,1H3. The van der Waals surface area contributed by atoms with Crippen molar-refractivity contribution < 1.29 is 4.42 Å². The summed E-state index contributed by atoms with van der Waals surface area (Å²) >= 11 is 0. The van der Waals surface area contributed by atoms with E-state index in [-0.39, 0.29) is 6.04 Å². The minimum absolute atomic E-state index is 0.0381. The largest absolute Gasteiger partial charge is 0.472 e. The van der Waals surface area contributed by atoms with Crippen LogP contribution in [0.15, 0.2) is 35.2 Å². The number of furan rings is 1. The maximum atomic E-state index is 5.90. The maximum absolute atomic E-state index is 5.90. The highest BCUT2D eigenvalue weighted by Crippen LogP contribution is 2.19. The average molecular weight is 165 g/mol. The van der Waals surface area contributed by atoms with Gasteiger partial charge in [0.05, 0.1) is 12.5 Å². The molecule has 1 heterocycles. The molecule has 66 valence electrons. The van der Waals surface area contributed by atoms with E-state index in [1.807, 2.05) is 6.07 Å². The van der Waals surface area contributed by atoms with Gasteiger partial charge in [0.25, 0.3) is 0 Å². The second kappa shape index (κ2) is 4.12. The zero-order valence-electron chi connectivity index (χ0n) is 7.42. The summed E-state index contributed by atoms with van der Waals surface area (Å²) in [4.78, 5) is 0. The Morgan fingerprint density at radius 3 is 3.00 bits per heavy atom. The van der Waals surface area contributed by atoms with Gasteiger partial charge >= 0.3 is 0 Å². The predicted molar refractivity (Wildman–Crippen MR) is 49.7 cm³/mol. The van der Waals surface area contributed by atoms with Crippen LogP contribution in [0.3, 0.4) is 0 Å². The molecule has 0 aliphatic heterocycles. The third kappa shape index (κ3) is 2.24. The van der Waals surface area contributed by atoms with Crippen LogP contribution in [0.5, 0.6) is 0 Å². The highest BCUT2D eigenvalue weighted by atomic mass is 16.3. The third-order valence-electron chi connectivity index (χ3n) is 1.98. The normalized spacial score (nSPS) is 12.8. The van der Waals surface area contributed by atoms with Crippen molar-refractivity contribution in [2.24, 2.45) is 5.73 Å². The molecule has 1 aromatic rings. The number of nitrogens with two attached hydrogens (primary N) is 1. The van der Waals surface area contributed by atoms with Crippen LogP contribution in [0.4, 0.5) is 0 Å². The van der Waals surface area contributed by atoms with E-state index in [2.05, 4.69) is 13.5 Å². The molecule has 2 heteroatoms. The van der Waals surface area contributed by atoms with Crippen molar-refractivity contribution in [1.29, 1.82) is 0 Å². The van der Waals surface area contributed by atoms with Gasteiger partial charge in [-0.05, 0) is 18.9 Å². The lowest BCUT2D eigenvalue weighted by atomic mass is 10.0. The molecule has 0 fully saturated rings. The molecule has 2 N–H and O–H groups in total. The Balaban J connectivity index is 2.49. The molecule has 0 saturated heterocycles. The molecule has 0 saturated carbocycles. The van der Waals surface area contributed by atoms with E-state index in [0.717, 1.165) is 18.4 Å². The summed E-state index contributed by atoms with van der Waals surface area (Å²) in [5.41, 5.74) is 8.12. The minimum atomic E-state index is 0.0381. The van der Waals surface area contributed by atoms with Gasteiger partial charge in [-0.25, -0.2) is 0 Å². The topological polar surface area (TPSA) is 39.2 Å². The average Bonchev–Trinajstić information content (AvgIpc) is 2.56. The molecular weight excluding hydrogens is 150 g/mol. The summed E-state index contributed by atoms with van der Waals surface area (Å²) in [5, 5.41) is 0. The quantitative estimate of drug-likeness (QED) is 0.696. The van der Waals surface area contributed by atoms with Crippen LogP contribution in [-0.2, 0) is 0 Å². The summed E-state index contributed by atoms with van der Waals surface area (Å²) in [6, 6.07) is 1.93. The summed E-state index contributed by atoms with van der Waals surface area (Å²) in [7, 11) is 0. The molecule has 0 aliphatic rings. The summed E-state index contributed by atoms with van der Waals surface area (Å²) in [6.45, 7) is 6.00. The van der Waals surface area contributed by atoms with Gasteiger partial charge in [0.2, 0.25) is 0 Å². The monoisotopic (exact) mass is 165 g/mol. The van der Waals surface area contributed by atoms with Gasteiger partial charge in [-0.3, -0.25) is 0 Å². The first-order chi connectivity index (χ1) is 5.74. The molecular formula is C10H15NO. The fourth-order valence-corrected chi connectivity index (χ4v) is 1.06. The first-order valence-electron chi connectivity index (χ1n) is 4.18. The smallest absolute Gasteiger partial charge is 0.0950 e. The van der Waals surface area contributed by atoms with Gasteiger partial charge in [0, 0.05) is 11.6 Å². The van der Waals surface area contributed by atoms with Gasteiger partial charge in [0.15, 0.2) is 0 Å². The second-order valence-electron chi connectivity index (χ2n) is 2.97. The molecule has 1 aromatic heterocycles. The molecule has 0 bridgehead atoms. The molecule has 1 atom stereocenters. The van der Waals surface area contributed by atoms with E-state index in [1.54, 1.807) is 12.5 Å². The first kappa shape index (κ1) is 9.07. The Morgan fingerprint density at radius 2 is 2.50 bits per heavy atom. The van der Waals surface area contributed by atoms with Gasteiger partial charge in [0.1, 0.15) is 0 Å². The fraction of sp³-hybridized carbons (Fsp3) is 0.400. The predicted octanol–water partition coefficient (Wildman–Crippen LogP) is 2.64. The van der Waals surface area contributed by atoms with Gasteiger partial charge < -0.3 is 10.2 Å². The van der Waals surface area contributed by atoms with Crippen molar-refractivity contribution in [3.05, 3.63) is 36.3 Å². The Labute approximate surface area is 73.1 Å². The molecule has 0 radical (unpaired) electrons. The van der Waals surface area contributed by atoms with Gasteiger partial charge in [-0.2, -0.15) is 0 Å². The van der Waals surface area contributed by atoms with E-state index in [0.29, 0.717) is 0 Å². The van der Waals surface area contributed by atoms with E-state index in [1.165, 1.54) is 5.57 Å². The van der Waals surface area contributed by atoms with Crippen LogP contribution < -0.4 is 5.73 Å². The number of hydrogen-bond donors (Lipinski definition) is 1. The molecule has 12 heavy (non-hydrogen) atoms. The van der Waals surface area contributed by atoms with Crippen molar-refractivity contribution in [3.63, 3.8) is 0 Å². The zero-order chi connectivity index (χ0) is 8.97. The maximum Gasteiger partial charge on any atom is 0.0950 e. The Bertz CT molecular complexity index is 238. The van der Waals surface area contributed by atoms with Gasteiger partial charge in [-0.1, -0.05) is 19.1 Å². The molecule has 0 aliphatic carbocycles. The van der Waals surface area contributed by atoms with Crippen molar-refractivity contribution in [2.75, 3.05) is 0 Å². The van der Waals surface area contributed by atoms with Crippen LogP contribution >= 0.6 is 0 Å². The van der Waals surface area contributed by atoms with Gasteiger partial charge in [-0.15, -0.1) is 0 Å². The van der Waals surface area contributed by atoms with E-state index < -0.39 is 0 Å². The zero-order valence-corrected chi connectivity index (χ0v) is 7.42. The molecule has 0 aromatic carbocycles. The van der Waals surface area contributed by atoms with Crippen LogP contribution in [0.1, 0.15) is 31.4 Å². The SMILES string of the molecule is C=C(CC)CC(N)c1ccoc1. The highest BCUT2D eigenvalue weighted by Gasteiger charge is 2.07. The lowest BCUT2D eigenvalue weighted by molar-refractivity contribution is 0.557. The molecule has 2 nitrogen and oxygen atoms in total. The summed E-state index contributed by atoms with van der Waals surface area (Å²) in [6.07, 6.45) is 5.17. The molecule has 1 rings (SSSR count). The van der Waals surface area contributed by atoms with E-state index in [9.17, 15) is 0 Å². The highest BCUT2D eigenvalue weighted by molar-refractivity contribution is 5.13. The van der Waals surface area contributed by atoms with Crippen molar-refractivity contribution in [2.45, 2.75) is 25.8 Å². The van der Waals surface area contributed by atoms with E-state index >= 15 is 0 Å². The molecule has 1 unspecified atom stereocenters. The van der Waals surface area contributed by atoms with Crippen LogP contribution in [-0.4, -0.2) is 0 Å². The molecule has 0 spiro atoms. The first-order valence-corrected chi connectivity index (χ1v) is 4.18. The van der Waals surface area contributed by atoms with Crippen molar-refractivity contribution in [3.8, 4) is 0 Å². The van der Waals surface area contributed by atoms with Crippen LogP contribution in [0.2, 0.25) is 0 Å². The molecule has 0 amide bonds. The number of hydrogen-bond acceptors (Lipinski definition) is 2. The fourth-order valence-electron chi connectivity index (χ4n) is 1.06. The summed E-state index contributed by atoms with van der Waals surface area (Å²) < 4.78 is 4.94. The number of rotatable bonds is 4. The third-order valence-corrected chi connectivity index (χ3v) is 1.98. The van der Waals surface area contributed by atoms with E-state index in [4.69, 9.17) is 10.2 Å². The van der Waals surface area contributed by atoms with Crippen molar-refractivity contribution >= 4 is 0 Å².